The Balaban J connectivity index is 2.10. The lowest BCUT2D eigenvalue weighted by atomic mass is 10.1. The summed E-state index contributed by atoms with van der Waals surface area (Å²) in [6.45, 7) is 3.30. The zero-order valence-corrected chi connectivity index (χ0v) is 10.5. The lowest BCUT2D eigenvalue weighted by Gasteiger charge is -2.09. The summed E-state index contributed by atoms with van der Waals surface area (Å²) in [5.74, 6) is 1.19. The molecule has 2 aromatic rings. The Morgan fingerprint density at radius 2 is 2.35 bits per heavy atom. The van der Waals surface area contributed by atoms with Crippen LogP contribution in [0.4, 0.5) is 0 Å². The summed E-state index contributed by atoms with van der Waals surface area (Å²) in [6.07, 6.45) is 3.54. The Hall–Kier alpha value is -1.35. The number of imidazole rings is 1. The monoisotopic (exact) mass is 229 g/mol. The fourth-order valence-electron chi connectivity index (χ4n) is 2.70. The van der Waals surface area contributed by atoms with Crippen molar-refractivity contribution in [2.75, 3.05) is 6.54 Å². The number of rotatable bonds is 2. The second kappa shape index (κ2) is 4.15. The van der Waals surface area contributed by atoms with Crippen molar-refractivity contribution in [3.63, 3.8) is 0 Å². The maximum atomic E-state index is 4.80. The molecule has 1 N–H and O–H groups in total. The van der Waals surface area contributed by atoms with Crippen molar-refractivity contribution >= 4 is 11.0 Å². The van der Waals surface area contributed by atoms with E-state index in [1.54, 1.807) is 0 Å². The first kappa shape index (κ1) is 10.8. The van der Waals surface area contributed by atoms with Crippen LogP contribution in [0.2, 0.25) is 0 Å². The van der Waals surface area contributed by atoms with Crippen molar-refractivity contribution in [1.82, 2.24) is 14.9 Å². The van der Waals surface area contributed by atoms with E-state index in [-0.39, 0.29) is 0 Å². The molecule has 1 aromatic carbocycles. The Morgan fingerprint density at radius 1 is 1.47 bits per heavy atom. The molecule has 1 saturated heterocycles. The topological polar surface area (TPSA) is 29.9 Å². The molecule has 2 heterocycles. The average molecular weight is 229 g/mol. The molecular weight excluding hydrogens is 210 g/mol. The van der Waals surface area contributed by atoms with Crippen LogP contribution in [0.15, 0.2) is 18.2 Å². The molecule has 3 nitrogen and oxygen atoms in total. The van der Waals surface area contributed by atoms with Gasteiger partial charge in [-0.3, -0.25) is 0 Å². The standard InChI is InChI=1S/C14H19N3/c1-3-10-6-7-13-12(9-10)16-14(17(13)2)11-5-4-8-15-11/h6-7,9,11,15H,3-5,8H2,1-2H3. The Kier molecular flexibility index (Phi) is 2.63. The van der Waals surface area contributed by atoms with Crippen molar-refractivity contribution < 1.29 is 0 Å². The molecular formula is C14H19N3. The zero-order chi connectivity index (χ0) is 11.8. The van der Waals surface area contributed by atoms with Gasteiger partial charge < -0.3 is 9.88 Å². The van der Waals surface area contributed by atoms with Gasteiger partial charge in [-0.1, -0.05) is 13.0 Å². The van der Waals surface area contributed by atoms with Gasteiger partial charge in [-0.05, 0) is 43.5 Å². The van der Waals surface area contributed by atoms with E-state index in [0.717, 1.165) is 18.5 Å². The molecule has 0 radical (unpaired) electrons. The van der Waals surface area contributed by atoms with Crippen LogP contribution in [-0.2, 0) is 13.5 Å². The maximum Gasteiger partial charge on any atom is 0.126 e. The van der Waals surface area contributed by atoms with Crippen molar-refractivity contribution in [2.45, 2.75) is 32.2 Å². The molecule has 1 aliphatic heterocycles. The first-order valence-corrected chi connectivity index (χ1v) is 6.48. The minimum atomic E-state index is 0.442. The molecule has 1 fully saturated rings. The van der Waals surface area contributed by atoms with Crippen LogP contribution in [-0.4, -0.2) is 16.1 Å². The van der Waals surface area contributed by atoms with Crippen LogP contribution in [0.3, 0.4) is 0 Å². The third-order valence-electron chi connectivity index (χ3n) is 3.76. The predicted molar refractivity (Wildman–Crippen MR) is 70.1 cm³/mol. The second-order valence-electron chi connectivity index (χ2n) is 4.85. The first-order valence-electron chi connectivity index (χ1n) is 6.48. The molecule has 3 heteroatoms. The van der Waals surface area contributed by atoms with Crippen molar-refractivity contribution in [1.29, 1.82) is 0 Å². The van der Waals surface area contributed by atoms with Gasteiger partial charge >= 0.3 is 0 Å². The number of nitrogens with one attached hydrogen (secondary N) is 1. The number of fused-ring (bicyclic) bond motifs is 1. The first-order chi connectivity index (χ1) is 8.29. The van der Waals surface area contributed by atoms with E-state index in [9.17, 15) is 0 Å². The molecule has 1 aromatic heterocycles. The number of hydrogen-bond acceptors (Lipinski definition) is 2. The lowest BCUT2D eigenvalue weighted by molar-refractivity contribution is 0.584. The van der Waals surface area contributed by atoms with Gasteiger partial charge in [-0.2, -0.15) is 0 Å². The Bertz CT molecular complexity index is 536. The summed E-state index contributed by atoms with van der Waals surface area (Å²) in [5, 5.41) is 3.52. The fourth-order valence-corrected chi connectivity index (χ4v) is 2.70. The van der Waals surface area contributed by atoms with Crippen LogP contribution < -0.4 is 5.32 Å². The van der Waals surface area contributed by atoms with Gasteiger partial charge in [0.1, 0.15) is 5.82 Å². The van der Waals surface area contributed by atoms with Crippen molar-refractivity contribution in [3.05, 3.63) is 29.6 Å². The highest BCUT2D eigenvalue weighted by atomic mass is 15.1. The quantitative estimate of drug-likeness (QED) is 0.857. The van der Waals surface area contributed by atoms with E-state index in [2.05, 4.69) is 42.1 Å². The second-order valence-corrected chi connectivity index (χ2v) is 4.85. The average Bonchev–Trinajstić information content (AvgIpc) is 2.97. The van der Waals surface area contributed by atoms with Crippen LogP contribution in [0, 0.1) is 0 Å². The molecule has 1 aliphatic rings. The van der Waals surface area contributed by atoms with Crippen LogP contribution in [0.5, 0.6) is 0 Å². The van der Waals surface area contributed by atoms with Gasteiger partial charge in [-0.25, -0.2) is 4.98 Å². The Labute approximate surface area is 102 Å². The molecule has 1 atom stereocenters. The highest BCUT2D eigenvalue weighted by molar-refractivity contribution is 5.77. The largest absolute Gasteiger partial charge is 0.330 e. The molecule has 1 unspecified atom stereocenters. The summed E-state index contributed by atoms with van der Waals surface area (Å²) in [6, 6.07) is 7.06. The number of aryl methyl sites for hydroxylation is 2. The number of hydrogen-bond donors (Lipinski definition) is 1. The third-order valence-corrected chi connectivity index (χ3v) is 3.76. The fraction of sp³-hybridized carbons (Fsp3) is 0.500. The number of nitrogens with zero attached hydrogens (tertiary/aromatic N) is 2. The van der Waals surface area contributed by atoms with Crippen LogP contribution in [0.1, 0.15) is 37.2 Å². The highest BCUT2D eigenvalue weighted by Gasteiger charge is 2.21. The minimum Gasteiger partial charge on any atom is -0.330 e. The summed E-state index contributed by atoms with van der Waals surface area (Å²) in [5.41, 5.74) is 3.74. The number of aromatic nitrogens is 2. The zero-order valence-electron chi connectivity index (χ0n) is 10.5. The SMILES string of the molecule is CCc1ccc2c(c1)nc(C1CCCN1)n2C. The van der Waals surface area contributed by atoms with Gasteiger partial charge in [-0.15, -0.1) is 0 Å². The van der Waals surface area contributed by atoms with Gasteiger partial charge in [0.2, 0.25) is 0 Å². The van der Waals surface area contributed by atoms with Crippen molar-refractivity contribution in [3.8, 4) is 0 Å². The highest BCUT2D eigenvalue weighted by Crippen LogP contribution is 2.26. The summed E-state index contributed by atoms with van der Waals surface area (Å²) in [7, 11) is 2.12. The van der Waals surface area contributed by atoms with Crippen molar-refractivity contribution in [2.24, 2.45) is 7.05 Å². The Morgan fingerprint density at radius 3 is 3.06 bits per heavy atom. The van der Waals surface area contributed by atoms with E-state index >= 15 is 0 Å². The number of benzene rings is 1. The smallest absolute Gasteiger partial charge is 0.126 e. The summed E-state index contributed by atoms with van der Waals surface area (Å²) in [4.78, 5) is 4.80. The van der Waals surface area contributed by atoms with Gasteiger partial charge in [0.05, 0.1) is 17.1 Å². The maximum absolute atomic E-state index is 4.80. The summed E-state index contributed by atoms with van der Waals surface area (Å²) < 4.78 is 2.23. The molecule has 0 spiro atoms. The lowest BCUT2D eigenvalue weighted by Crippen LogP contribution is -2.16. The van der Waals surface area contributed by atoms with E-state index in [0.29, 0.717) is 6.04 Å². The molecule has 0 aliphatic carbocycles. The molecule has 0 saturated carbocycles. The van der Waals surface area contributed by atoms with E-state index in [1.807, 2.05) is 0 Å². The third kappa shape index (κ3) is 1.75. The predicted octanol–water partition coefficient (Wildman–Crippen LogP) is 2.56. The molecule has 0 bridgehead atoms. The molecule has 17 heavy (non-hydrogen) atoms. The minimum absolute atomic E-state index is 0.442. The van der Waals surface area contributed by atoms with E-state index in [4.69, 9.17) is 4.98 Å². The molecule has 0 amide bonds. The van der Waals surface area contributed by atoms with Gasteiger partial charge in [0.25, 0.3) is 0 Å². The van der Waals surface area contributed by atoms with Crippen LogP contribution >= 0.6 is 0 Å². The van der Waals surface area contributed by atoms with Gasteiger partial charge in [0, 0.05) is 7.05 Å². The molecule has 90 valence electrons. The summed E-state index contributed by atoms with van der Waals surface area (Å²) >= 11 is 0. The normalized spacial score (nSPS) is 20.2. The van der Waals surface area contributed by atoms with Gasteiger partial charge in [0.15, 0.2) is 0 Å². The molecule has 3 rings (SSSR count). The van der Waals surface area contributed by atoms with E-state index in [1.165, 1.54) is 29.7 Å². The van der Waals surface area contributed by atoms with Crippen LogP contribution in [0.25, 0.3) is 11.0 Å². The van der Waals surface area contributed by atoms with E-state index < -0.39 is 0 Å².